The summed E-state index contributed by atoms with van der Waals surface area (Å²) in [6.07, 6.45) is 29.1. The number of rotatable bonds is 12. The summed E-state index contributed by atoms with van der Waals surface area (Å²) in [6.45, 7) is 4.38. The first-order valence-electron chi connectivity index (χ1n) is 27.0. The van der Waals surface area contributed by atoms with E-state index in [2.05, 4.69) is 44.7 Å². The molecule has 3 aliphatic heterocycles. The maximum absolute atomic E-state index is 12.6. The molecule has 7 aromatic rings. The molecule has 17 heteroatoms. The van der Waals surface area contributed by atoms with Crippen LogP contribution in [0.25, 0.3) is 16.6 Å². The fraction of sp³-hybridized carbons (Fsp3) is 0.509. The monoisotopic (exact) mass is 1030 g/mol. The van der Waals surface area contributed by atoms with E-state index in [1.54, 1.807) is 23.8 Å². The van der Waals surface area contributed by atoms with Crippen LogP contribution in [0.2, 0.25) is 0 Å². The normalized spacial score (nSPS) is 22.9. The Morgan fingerprint density at radius 2 is 1.08 bits per heavy atom. The van der Waals surface area contributed by atoms with Crippen molar-refractivity contribution in [1.82, 2.24) is 42.7 Å². The number of hydrogen-bond acceptors (Lipinski definition) is 11. The Labute approximate surface area is 433 Å². The highest BCUT2D eigenvalue weighted by atomic mass is 32.2. The number of nitrogens with zero attached hydrogens (tertiary/aromatic N) is 8. The van der Waals surface area contributed by atoms with Gasteiger partial charge in [-0.05, 0) is 142 Å². The van der Waals surface area contributed by atoms with Crippen LogP contribution < -0.4 is 5.32 Å². The minimum absolute atomic E-state index is 0.0124. The molecule has 3 saturated heterocycles. The standard InChI is InChI=1S/C24H27N3O3.C17H23N3O3S.C16H21N3O/c28-23(22-20(18-8-9-18)10-12-27-16-25-13-21(22)27)19-7-4-11-26(14-19)24(29)30-15-17-5-2-1-3-6-17;1-24(22,23)20-7-2-3-13(10-20)17(21)16-14(12-4-5-12)6-8-19-11-18-9-15(16)19;20-16(12-2-1-6-17-8-12)15-13(11-3-4-11)5-7-19-10-18-9-14(15)19/h1-3,5-6,10,12-13,16,18-19,23,28H,4,7-9,11,14-15H2;6,8-9,11-13,17,21H,2-5,7,10H2,1H3;5,7,9-12,16-17,20H,1-4,6,8H2. The number of hydrogen-bond donors (Lipinski definition) is 4. The van der Waals surface area contributed by atoms with Crippen LogP contribution in [-0.2, 0) is 21.4 Å². The van der Waals surface area contributed by atoms with Crippen LogP contribution in [0.1, 0.15) is 152 Å². The fourth-order valence-electron chi connectivity index (χ4n) is 11.9. The molecule has 6 fully saturated rings. The highest BCUT2D eigenvalue weighted by Gasteiger charge is 2.38. The largest absolute Gasteiger partial charge is 0.445 e. The second-order valence-electron chi connectivity index (χ2n) is 21.8. The molecule has 1 amide bonds. The lowest BCUT2D eigenvalue weighted by atomic mass is 9.85. The number of aliphatic hydroxyl groups is 3. The predicted octanol–water partition coefficient (Wildman–Crippen LogP) is 8.46. The van der Waals surface area contributed by atoms with E-state index >= 15 is 0 Å². The van der Waals surface area contributed by atoms with Gasteiger partial charge in [0.15, 0.2) is 0 Å². The fourth-order valence-corrected chi connectivity index (χ4v) is 12.9. The van der Waals surface area contributed by atoms with Gasteiger partial charge in [0.1, 0.15) is 6.61 Å². The topological polar surface area (TPSA) is 192 Å². The van der Waals surface area contributed by atoms with Crippen molar-refractivity contribution in [2.24, 2.45) is 17.8 Å². The van der Waals surface area contributed by atoms with E-state index in [4.69, 9.17) is 4.74 Å². The highest BCUT2D eigenvalue weighted by Crippen LogP contribution is 2.48. The first-order valence-corrected chi connectivity index (χ1v) is 28.8. The number of nitrogens with one attached hydrogen (secondary N) is 1. The lowest BCUT2D eigenvalue weighted by Crippen LogP contribution is -2.42. The van der Waals surface area contributed by atoms with E-state index < -0.39 is 22.2 Å². The third kappa shape index (κ3) is 11.1. The Kier molecular flexibility index (Phi) is 14.9. The van der Waals surface area contributed by atoms with Crippen molar-refractivity contribution in [2.75, 3.05) is 45.5 Å². The first-order chi connectivity index (χ1) is 36.0. The Morgan fingerprint density at radius 1 is 0.622 bits per heavy atom. The molecule has 6 aromatic heterocycles. The number of carbonyl (C=O) groups excluding carboxylic acids is 1. The third-order valence-corrected chi connectivity index (χ3v) is 17.7. The van der Waals surface area contributed by atoms with Crippen molar-refractivity contribution in [3.05, 3.63) is 144 Å². The SMILES string of the molecule is CS(=O)(=O)N1CCCC(C(O)c2c(C3CC3)ccn3cncc23)C1.O=C(OCc1ccccc1)N1CCCC(C(O)c2c(C3CC3)ccn3cncc23)C1.OC(c1c(C2CC2)ccn2cncc12)C1CCCNC1. The molecule has 0 bridgehead atoms. The summed E-state index contributed by atoms with van der Waals surface area (Å²) in [7, 11) is -3.22. The van der Waals surface area contributed by atoms with E-state index in [-0.39, 0.29) is 30.6 Å². The van der Waals surface area contributed by atoms with Gasteiger partial charge in [-0.2, -0.15) is 0 Å². The van der Waals surface area contributed by atoms with Gasteiger partial charge in [0.2, 0.25) is 10.0 Å². The molecular formula is C57H71N9O7S. The molecule has 6 aliphatic rings. The van der Waals surface area contributed by atoms with Crippen LogP contribution in [0.5, 0.6) is 0 Å². The lowest BCUT2D eigenvalue weighted by Gasteiger charge is -2.35. The van der Waals surface area contributed by atoms with Crippen molar-refractivity contribution >= 4 is 32.7 Å². The van der Waals surface area contributed by atoms with E-state index in [1.165, 1.54) is 52.9 Å². The summed E-state index contributed by atoms with van der Waals surface area (Å²) in [4.78, 5) is 27.1. The van der Waals surface area contributed by atoms with Gasteiger partial charge in [-0.25, -0.2) is 32.5 Å². The van der Waals surface area contributed by atoms with Gasteiger partial charge in [0.05, 0.1) is 78.7 Å². The van der Waals surface area contributed by atoms with E-state index in [9.17, 15) is 28.5 Å². The number of piperidine rings is 3. The minimum Gasteiger partial charge on any atom is -0.445 e. The van der Waals surface area contributed by atoms with Gasteiger partial charge in [-0.15, -0.1) is 0 Å². The van der Waals surface area contributed by atoms with Crippen LogP contribution >= 0.6 is 0 Å². The molecule has 13 rings (SSSR count). The Morgan fingerprint density at radius 3 is 1.54 bits per heavy atom. The van der Waals surface area contributed by atoms with Crippen LogP contribution in [0, 0.1) is 17.8 Å². The van der Waals surface area contributed by atoms with E-state index in [0.29, 0.717) is 49.9 Å². The number of pyridine rings is 3. The molecular weight excluding hydrogens is 955 g/mol. The summed E-state index contributed by atoms with van der Waals surface area (Å²) in [6, 6.07) is 16.1. The number of fused-ring (bicyclic) bond motifs is 3. The van der Waals surface area contributed by atoms with Gasteiger partial charge in [-0.1, -0.05) is 30.3 Å². The van der Waals surface area contributed by atoms with E-state index in [0.717, 1.165) is 103 Å². The average molecular weight is 1030 g/mol. The van der Waals surface area contributed by atoms with Crippen molar-refractivity contribution in [1.29, 1.82) is 0 Å². The number of amides is 1. The Bertz CT molecular complexity index is 3160. The van der Waals surface area contributed by atoms with Crippen LogP contribution in [0.4, 0.5) is 4.79 Å². The Balaban J connectivity index is 0.000000122. The molecule has 0 radical (unpaired) electrons. The zero-order valence-electron chi connectivity index (χ0n) is 42.4. The quantitative estimate of drug-likeness (QED) is 0.0919. The second kappa shape index (κ2) is 21.9. The molecule has 9 heterocycles. The number of ether oxygens (including phenoxy) is 1. The third-order valence-electron chi connectivity index (χ3n) is 16.4. The van der Waals surface area contributed by atoms with Gasteiger partial charge in [-0.3, -0.25) is 0 Å². The summed E-state index contributed by atoms with van der Waals surface area (Å²) in [5, 5.41) is 36.9. The van der Waals surface area contributed by atoms with Gasteiger partial charge in [0.25, 0.3) is 0 Å². The molecule has 0 spiro atoms. The Hall–Kier alpha value is -5.69. The molecule has 4 N–H and O–H groups in total. The lowest BCUT2D eigenvalue weighted by molar-refractivity contribution is 0.0372. The van der Waals surface area contributed by atoms with E-state index in [1.807, 2.05) is 74.6 Å². The van der Waals surface area contributed by atoms with Gasteiger partial charge in [0, 0.05) is 85.8 Å². The van der Waals surface area contributed by atoms with Crippen LogP contribution in [0.3, 0.4) is 0 Å². The summed E-state index contributed by atoms with van der Waals surface area (Å²) in [5.74, 6) is 1.93. The van der Waals surface area contributed by atoms with Crippen LogP contribution in [0.15, 0.2) is 105 Å². The molecule has 3 aliphatic carbocycles. The molecule has 74 heavy (non-hydrogen) atoms. The van der Waals surface area contributed by atoms with Crippen molar-refractivity contribution in [3.8, 4) is 0 Å². The number of likely N-dealkylation sites (tertiary alicyclic amines) is 1. The van der Waals surface area contributed by atoms with Gasteiger partial charge >= 0.3 is 6.09 Å². The number of sulfonamides is 1. The average Bonchev–Trinajstić information content (AvgIpc) is 4.41. The van der Waals surface area contributed by atoms with Gasteiger partial charge < -0.3 is 43.5 Å². The molecule has 1 aromatic carbocycles. The van der Waals surface area contributed by atoms with Crippen molar-refractivity contribution in [2.45, 2.75) is 120 Å². The maximum Gasteiger partial charge on any atom is 0.410 e. The molecule has 16 nitrogen and oxygen atoms in total. The zero-order valence-corrected chi connectivity index (χ0v) is 43.2. The molecule has 6 atom stereocenters. The maximum atomic E-state index is 12.6. The molecule has 3 saturated carbocycles. The van der Waals surface area contributed by atoms with Crippen LogP contribution in [-0.4, -0.2) is 113 Å². The number of carbonyl (C=O) groups is 1. The highest BCUT2D eigenvalue weighted by molar-refractivity contribution is 7.88. The predicted molar refractivity (Wildman–Crippen MR) is 282 cm³/mol. The zero-order chi connectivity index (χ0) is 50.9. The van der Waals surface area contributed by atoms with Crippen molar-refractivity contribution in [3.63, 3.8) is 0 Å². The first kappa shape index (κ1) is 50.5. The molecule has 392 valence electrons. The van der Waals surface area contributed by atoms with Crippen molar-refractivity contribution < 1.29 is 33.3 Å². The smallest absolute Gasteiger partial charge is 0.410 e. The second-order valence-corrected chi connectivity index (χ2v) is 23.8. The number of benzene rings is 1. The minimum atomic E-state index is -3.22. The number of aliphatic hydroxyl groups excluding tert-OH is 3. The summed E-state index contributed by atoms with van der Waals surface area (Å²) in [5.41, 5.74) is 10.8. The molecule has 6 unspecified atom stereocenters. The number of imidazole rings is 3. The summed E-state index contributed by atoms with van der Waals surface area (Å²) >= 11 is 0. The summed E-state index contributed by atoms with van der Waals surface area (Å²) < 4.78 is 36.7. The number of aromatic nitrogens is 6.